The molecular weight excluding hydrogens is 159 g/mol. The average Bonchev–Trinajstić information content (AvgIpc) is 2.45. The highest BCUT2D eigenvalue weighted by Crippen LogP contribution is 2.00. The van der Waals surface area contributed by atoms with Gasteiger partial charge in [-0.2, -0.15) is 0 Å². The number of hydrogen-bond donors (Lipinski definition) is 1. The van der Waals surface area contributed by atoms with Gasteiger partial charge in [0.25, 0.3) is 0 Å². The Morgan fingerprint density at radius 3 is 3.08 bits per heavy atom. The van der Waals surface area contributed by atoms with E-state index in [1.807, 2.05) is 13.0 Å². The Bertz CT molecular complexity index is 225. The lowest BCUT2D eigenvalue weighted by Gasteiger charge is -1.97. The molecule has 0 aromatic carbocycles. The molecule has 0 radical (unpaired) electrons. The number of hydrogen-bond acceptors (Lipinski definition) is 3. The highest BCUT2D eigenvalue weighted by atomic mass is 19.1. The molecule has 0 aliphatic carbocycles. The fourth-order valence-electron chi connectivity index (χ4n) is 0.910. The first kappa shape index (κ1) is 9.19. The van der Waals surface area contributed by atoms with Gasteiger partial charge in [0.05, 0.1) is 12.4 Å². The largest absolute Gasteiger partial charge is 0.361 e. The lowest BCUT2D eigenvalue weighted by Crippen LogP contribution is -2.15. The van der Waals surface area contributed by atoms with Crippen molar-refractivity contribution in [3.05, 3.63) is 17.5 Å². The standard InChI is InChI=1S/C8H13FN2O/c1-7-5-8(11-12-7)6-10-4-2-3-9/h5,10H,2-4,6H2,1H3. The van der Waals surface area contributed by atoms with Crippen molar-refractivity contribution in [2.45, 2.75) is 19.9 Å². The second kappa shape index (κ2) is 4.87. The van der Waals surface area contributed by atoms with E-state index in [4.69, 9.17) is 4.52 Å². The third kappa shape index (κ3) is 3.00. The second-order valence-corrected chi connectivity index (χ2v) is 2.65. The number of aryl methyl sites for hydroxylation is 1. The third-order valence-corrected chi connectivity index (χ3v) is 1.47. The zero-order chi connectivity index (χ0) is 8.81. The van der Waals surface area contributed by atoms with Gasteiger partial charge in [0.1, 0.15) is 5.76 Å². The van der Waals surface area contributed by atoms with E-state index in [0.717, 1.165) is 11.5 Å². The zero-order valence-corrected chi connectivity index (χ0v) is 7.14. The van der Waals surface area contributed by atoms with Crippen LogP contribution in [0.2, 0.25) is 0 Å². The summed E-state index contributed by atoms with van der Waals surface area (Å²) in [6.07, 6.45) is 0.552. The van der Waals surface area contributed by atoms with Crippen LogP contribution >= 0.6 is 0 Å². The van der Waals surface area contributed by atoms with Crippen LogP contribution in [0.15, 0.2) is 10.6 Å². The lowest BCUT2D eigenvalue weighted by atomic mass is 10.3. The maximum absolute atomic E-state index is 11.6. The van der Waals surface area contributed by atoms with Crippen LogP contribution in [0.3, 0.4) is 0 Å². The number of halogens is 1. The monoisotopic (exact) mass is 172 g/mol. The van der Waals surface area contributed by atoms with Crippen LogP contribution in [0.4, 0.5) is 4.39 Å². The second-order valence-electron chi connectivity index (χ2n) is 2.65. The highest BCUT2D eigenvalue weighted by Gasteiger charge is 1.97. The first-order valence-corrected chi connectivity index (χ1v) is 4.02. The molecule has 0 spiro atoms. The molecule has 1 aromatic heterocycles. The molecule has 0 saturated carbocycles. The molecule has 1 aromatic rings. The Morgan fingerprint density at radius 1 is 1.67 bits per heavy atom. The van der Waals surface area contributed by atoms with E-state index in [2.05, 4.69) is 10.5 Å². The van der Waals surface area contributed by atoms with Gasteiger partial charge in [0, 0.05) is 12.6 Å². The topological polar surface area (TPSA) is 38.1 Å². The van der Waals surface area contributed by atoms with Crippen molar-refractivity contribution in [2.24, 2.45) is 0 Å². The molecular formula is C8H13FN2O. The van der Waals surface area contributed by atoms with E-state index in [0.29, 0.717) is 19.5 Å². The molecule has 68 valence electrons. The molecule has 0 atom stereocenters. The van der Waals surface area contributed by atoms with Crippen molar-refractivity contribution >= 4 is 0 Å². The molecule has 0 aliphatic heterocycles. The van der Waals surface area contributed by atoms with Crippen LogP contribution in [0.1, 0.15) is 17.9 Å². The Labute approximate surface area is 70.9 Å². The summed E-state index contributed by atoms with van der Waals surface area (Å²) in [5.41, 5.74) is 0.867. The Hall–Kier alpha value is -0.900. The molecule has 1 heterocycles. The van der Waals surface area contributed by atoms with Crippen molar-refractivity contribution in [2.75, 3.05) is 13.2 Å². The van der Waals surface area contributed by atoms with Crippen LogP contribution in [-0.2, 0) is 6.54 Å². The number of nitrogens with one attached hydrogen (secondary N) is 1. The highest BCUT2D eigenvalue weighted by molar-refractivity contribution is 5.02. The molecule has 1 N–H and O–H groups in total. The predicted octanol–water partition coefficient (Wildman–Crippen LogP) is 1.43. The van der Waals surface area contributed by atoms with Crippen molar-refractivity contribution < 1.29 is 8.91 Å². The minimum absolute atomic E-state index is 0.273. The molecule has 0 fully saturated rings. The minimum atomic E-state index is -0.273. The molecule has 3 nitrogen and oxygen atoms in total. The van der Waals surface area contributed by atoms with E-state index in [1.165, 1.54) is 0 Å². The quantitative estimate of drug-likeness (QED) is 0.683. The van der Waals surface area contributed by atoms with Crippen LogP contribution in [0, 0.1) is 6.92 Å². The van der Waals surface area contributed by atoms with Gasteiger partial charge in [-0.05, 0) is 19.9 Å². The Morgan fingerprint density at radius 2 is 2.50 bits per heavy atom. The van der Waals surface area contributed by atoms with E-state index in [-0.39, 0.29) is 6.67 Å². The van der Waals surface area contributed by atoms with Gasteiger partial charge in [-0.3, -0.25) is 4.39 Å². The van der Waals surface area contributed by atoms with Crippen LogP contribution < -0.4 is 5.32 Å². The molecule has 0 amide bonds. The van der Waals surface area contributed by atoms with Gasteiger partial charge in [0.2, 0.25) is 0 Å². The fraction of sp³-hybridized carbons (Fsp3) is 0.625. The van der Waals surface area contributed by atoms with Crippen LogP contribution in [0.25, 0.3) is 0 Å². The third-order valence-electron chi connectivity index (χ3n) is 1.47. The summed E-state index contributed by atoms with van der Waals surface area (Å²) in [7, 11) is 0. The normalized spacial score (nSPS) is 10.5. The first-order chi connectivity index (χ1) is 5.83. The Kier molecular flexibility index (Phi) is 3.73. The van der Waals surface area contributed by atoms with Crippen LogP contribution in [0.5, 0.6) is 0 Å². The SMILES string of the molecule is Cc1cc(CNCCCF)no1. The number of alkyl halides is 1. The van der Waals surface area contributed by atoms with Gasteiger partial charge in [0.15, 0.2) is 0 Å². The van der Waals surface area contributed by atoms with Gasteiger partial charge in [-0.15, -0.1) is 0 Å². The van der Waals surface area contributed by atoms with E-state index < -0.39 is 0 Å². The lowest BCUT2D eigenvalue weighted by molar-refractivity contribution is 0.387. The predicted molar refractivity (Wildman–Crippen MR) is 43.5 cm³/mol. The number of rotatable bonds is 5. The van der Waals surface area contributed by atoms with E-state index in [1.54, 1.807) is 0 Å². The molecule has 0 saturated heterocycles. The molecule has 0 aliphatic rings. The molecule has 0 bridgehead atoms. The fourth-order valence-corrected chi connectivity index (χ4v) is 0.910. The first-order valence-electron chi connectivity index (χ1n) is 4.02. The summed E-state index contributed by atoms with van der Waals surface area (Å²) in [5.74, 6) is 0.803. The smallest absolute Gasteiger partial charge is 0.133 e. The van der Waals surface area contributed by atoms with Gasteiger partial charge >= 0.3 is 0 Å². The van der Waals surface area contributed by atoms with Crippen molar-refractivity contribution in [1.82, 2.24) is 10.5 Å². The summed E-state index contributed by atoms with van der Waals surface area (Å²) in [6, 6.07) is 1.86. The number of aromatic nitrogens is 1. The zero-order valence-electron chi connectivity index (χ0n) is 7.14. The summed E-state index contributed by atoms with van der Waals surface area (Å²) >= 11 is 0. The van der Waals surface area contributed by atoms with Crippen molar-refractivity contribution in [3.8, 4) is 0 Å². The maximum atomic E-state index is 11.6. The summed E-state index contributed by atoms with van der Waals surface area (Å²) in [6.45, 7) is 2.91. The number of nitrogens with zero attached hydrogens (tertiary/aromatic N) is 1. The molecule has 1 rings (SSSR count). The molecule has 12 heavy (non-hydrogen) atoms. The van der Waals surface area contributed by atoms with Gasteiger partial charge in [-0.1, -0.05) is 5.16 Å². The molecule has 0 unspecified atom stereocenters. The summed E-state index contributed by atoms with van der Waals surface area (Å²) < 4.78 is 16.5. The minimum Gasteiger partial charge on any atom is -0.361 e. The van der Waals surface area contributed by atoms with Gasteiger partial charge in [-0.25, -0.2) is 0 Å². The Balaban J connectivity index is 2.15. The van der Waals surface area contributed by atoms with Crippen molar-refractivity contribution in [3.63, 3.8) is 0 Å². The van der Waals surface area contributed by atoms with Gasteiger partial charge < -0.3 is 9.84 Å². The average molecular weight is 172 g/mol. The maximum Gasteiger partial charge on any atom is 0.133 e. The van der Waals surface area contributed by atoms with E-state index >= 15 is 0 Å². The summed E-state index contributed by atoms with van der Waals surface area (Å²) in [4.78, 5) is 0. The summed E-state index contributed by atoms with van der Waals surface area (Å²) in [5, 5.41) is 6.84. The van der Waals surface area contributed by atoms with E-state index in [9.17, 15) is 4.39 Å². The van der Waals surface area contributed by atoms with Crippen molar-refractivity contribution in [1.29, 1.82) is 0 Å². The molecule has 4 heteroatoms. The van der Waals surface area contributed by atoms with Crippen LogP contribution in [-0.4, -0.2) is 18.4 Å².